The van der Waals surface area contributed by atoms with Gasteiger partial charge in [0, 0.05) is 30.9 Å². The Morgan fingerprint density at radius 2 is 2.05 bits per heavy atom. The van der Waals surface area contributed by atoms with Crippen LogP contribution < -0.4 is 9.64 Å². The summed E-state index contributed by atoms with van der Waals surface area (Å²) in [6.07, 6.45) is 0. The second kappa shape index (κ2) is 5.92. The van der Waals surface area contributed by atoms with Gasteiger partial charge in [-0.2, -0.15) is 5.26 Å². The van der Waals surface area contributed by atoms with E-state index in [9.17, 15) is 15.4 Å². The summed E-state index contributed by atoms with van der Waals surface area (Å²) in [5, 5.41) is 20.0. The minimum Gasteiger partial charge on any atom is -0.497 e. The van der Waals surface area contributed by atoms with Crippen LogP contribution >= 0.6 is 0 Å². The molecule has 0 heterocycles. The van der Waals surface area contributed by atoms with E-state index >= 15 is 0 Å². The molecule has 6 nitrogen and oxygen atoms in total. The number of nitriles is 1. The third-order valence-electron chi connectivity index (χ3n) is 3.11. The average molecular weight is 283 g/mol. The molecule has 0 amide bonds. The fourth-order valence-corrected chi connectivity index (χ4v) is 1.98. The molecule has 0 unspecified atom stereocenters. The third-order valence-corrected chi connectivity index (χ3v) is 3.11. The molecule has 21 heavy (non-hydrogen) atoms. The van der Waals surface area contributed by atoms with Gasteiger partial charge in [-0.3, -0.25) is 10.1 Å². The van der Waals surface area contributed by atoms with Gasteiger partial charge in [-0.15, -0.1) is 0 Å². The smallest absolute Gasteiger partial charge is 0.270 e. The summed E-state index contributed by atoms with van der Waals surface area (Å²) < 4.78 is 5.17. The average Bonchev–Trinajstić information content (AvgIpc) is 2.53. The molecule has 0 saturated heterocycles. The van der Waals surface area contributed by atoms with Crippen molar-refractivity contribution in [2.24, 2.45) is 0 Å². The van der Waals surface area contributed by atoms with Gasteiger partial charge < -0.3 is 9.64 Å². The van der Waals surface area contributed by atoms with Gasteiger partial charge in [0.25, 0.3) is 5.69 Å². The Kier molecular flexibility index (Phi) is 4.05. The molecular weight excluding hydrogens is 270 g/mol. The SMILES string of the molecule is COc1cccc(N(C)c2ccc([N+](=O)[O-])cc2C#N)c1. The van der Waals surface area contributed by atoms with Crippen molar-refractivity contribution >= 4 is 17.1 Å². The highest BCUT2D eigenvalue weighted by Gasteiger charge is 2.14. The summed E-state index contributed by atoms with van der Waals surface area (Å²) in [4.78, 5) is 12.0. The Labute approximate surface area is 122 Å². The molecule has 2 rings (SSSR count). The quantitative estimate of drug-likeness (QED) is 0.635. The zero-order valence-corrected chi connectivity index (χ0v) is 11.6. The van der Waals surface area contributed by atoms with Crippen LogP contribution in [0, 0.1) is 21.4 Å². The van der Waals surface area contributed by atoms with Crippen molar-refractivity contribution in [3.8, 4) is 11.8 Å². The van der Waals surface area contributed by atoms with Gasteiger partial charge in [-0.25, -0.2) is 0 Å². The van der Waals surface area contributed by atoms with Gasteiger partial charge in [0.2, 0.25) is 0 Å². The van der Waals surface area contributed by atoms with E-state index in [1.807, 2.05) is 30.3 Å². The minimum atomic E-state index is -0.518. The van der Waals surface area contributed by atoms with Crippen molar-refractivity contribution in [3.05, 3.63) is 58.1 Å². The van der Waals surface area contributed by atoms with E-state index in [1.54, 1.807) is 25.1 Å². The van der Waals surface area contributed by atoms with E-state index in [0.717, 1.165) is 5.69 Å². The molecule has 0 spiro atoms. The molecule has 0 atom stereocenters. The van der Waals surface area contributed by atoms with Crippen molar-refractivity contribution in [2.45, 2.75) is 0 Å². The second-order valence-corrected chi connectivity index (χ2v) is 4.33. The van der Waals surface area contributed by atoms with Crippen LogP contribution in [0.5, 0.6) is 5.75 Å². The maximum Gasteiger partial charge on any atom is 0.270 e. The topological polar surface area (TPSA) is 79.4 Å². The Morgan fingerprint density at radius 3 is 2.67 bits per heavy atom. The molecule has 0 bridgehead atoms. The lowest BCUT2D eigenvalue weighted by Crippen LogP contribution is -2.11. The summed E-state index contributed by atoms with van der Waals surface area (Å²) in [6.45, 7) is 0. The Morgan fingerprint density at radius 1 is 1.29 bits per heavy atom. The number of anilines is 2. The molecule has 0 fully saturated rings. The fraction of sp³-hybridized carbons (Fsp3) is 0.133. The Balaban J connectivity index is 2.45. The summed E-state index contributed by atoms with van der Waals surface area (Å²) >= 11 is 0. The number of rotatable bonds is 4. The molecule has 2 aromatic rings. The molecule has 0 aliphatic carbocycles. The number of nitro benzene ring substituents is 1. The van der Waals surface area contributed by atoms with Gasteiger partial charge in [-0.05, 0) is 18.2 Å². The van der Waals surface area contributed by atoms with Crippen molar-refractivity contribution in [3.63, 3.8) is 0 Å². The first-order valence-electron chi connectivity index (χ1n) is 6.13. The van der Waals surface area contributed by atoms with E-state index in [1.165, 1.54) is 12.1 Å². The van der Waals surface area contributed by atoms with Crippen LogP contribution in [0.3, 0.4) is 0 Å². The van der Waals surface area contributed by atoms with Crippen molar-refractivity contribution in [1.82, 2.24) is 0 Å². The highest BCUT2D eigenvalue weighted by Crippen LogP contribution is 2.31. The van der Waals surface area contributed by atoms with E-state index in [0.29, 0.717) is 11.4 Å². The monoisotopic (exact) mass is 283 g/mol. The van der Waals surface area contributed by atoms with E-state index in [-0.39, 0.29) is 11.3 Å². The lowest BCUT2D eigenvalue weighted by molar-refractivity contribution is -0.384. The molecule has 0 radical (unpaired) electrons. The minimum absolute atomic E-state index is 0.102. The number of nitro groups is 1. The van der Waals surface area contributed by atoms with Crippen LogP contribution in [0.15, 0.2) is 42.5 Å². The van der Waals surface area contributed by atoms with Crippen LogP contribution in [0.4, 0.5) is 17.1 Å². The van der Waals surface area contributed by atoms with Crippen LogP contribution in [0.2, 0.25) is 0 Å². The van der Waals surface area contributed by atoms with E-state index < -0.39 is 4.92 Å². The molecule has 0 aliphatic rings. The van der Waals surface area contributed by atoms with Crippen LogP contribution in [-0.4, -0.2) is 19.1 Å². The molecule has 106 valence electrons. The lowest BCUT2D eigenvalue weighted by Gasteiger charge is -2.21. The zero-order chi connectivity index (χ0) is 15.4. The summed E-state index contributed by atoms with van der Waals surface area (Å²) in [5.74, 6) is 0.694. The van der Waals surface area contributed by atoms with E-state index in [4.69, 9.17) is 4.74 Å². The lowest BCUT2D eigenvalue weighted by atomic mass is 10.1. The standard InChI is InChI=1S/C15H13N3O3/c1-17(12-4-3-5-14(9-12)21-2)15-7-6-13(18(19)20)8-11(15)10-16/h3-9H,1-2H3. The fourth-order valence-electron chi connectivity index (χ4n) is 1.98. The summed E-state index contributed by atoms with van der Waals surface area (Å²) in [6, 6.07) is 13.6. The van der Waals surface area contributed by atoms with Gasteiger partial charge in [-0.1, -0.05) is 6.07 Å². The number of non-ortho nitro benzene ring substituents is 1. The van der Waals surface area contributed by atoms with Gasteiger partial charge in [0.1, 0.15) is 11.8 Å². The first-order chi connectivity index (χ1) is 10.1. The number of methoxy groups -OCH3 is 1. The first kappa shape index (κ1) is 14.3. The molecule has 0 N–H and O–H groups in total. The van der Waals surface area contributed by atoms with Crippen LogP contribution in [-0.2, 0) is 0 Å². The van der Waals surface area contributed by atoms with Crippen molar-refractivity contribution < 1.29 is 9.66 Å². The number of hydrogen-bond acceptors (Lipinski definition) is 5. The van der Waals surface area contributed by atoms with Gasteiger partial charge >= 0.3 is 0 Å². The zero-order valence-electron chi connectivity index (χ0n) is 11.6. The Bertz CT molecular complexity index is 722. The maximum absolute atomic E-state index is 10.8. The molecule has 0 saturated carbocycles. The van der Waals surface area contributed by atoms with Crippen molar-refractivity contribution in [1.29, 1.82) is 5.26 Å². The number of nitrogens with zero attached hydrogens (tertiary/aromatic N) is 3. The van der Waals surface area contributed by atoms with E-state index in [2.05, 4.69) is 0 Å². The number of ether oxygens (including phenoxy) is 1. The highest BCUT2D eigenvalue weighted by atomic mass is 16.6. The molecule has 0 aliphatic heterocycles. The van der Waals surface area contributed by atoms with Crippen molar-refractivity contribution in [2.75, 3.05) is 19.1 Å². The highest BCUT2D eigenvalue weighted by molar-refractivity contribution is 5.71. The number of benzene rings is 2. The second-order valence-electron chi connectivity index (χ2n) is 4.33. The molecule has 6 heteroatoms. The van der Waals surface area contributed by atoms with Gasteiger partial charge in [0.05, 0.1) is 23.3 Å². The third kappa shape index (κ3) is 2.92. The Hall–Kier alpha value is -3.07. The van der Waals surface area contributed by atoms with Gasteiger partial charge in [0.15, 0.2) is 0 Å². The molecule has 0 aromatic heterocycles. The maximum atomic E-state index is 10.8. The normalized spacial score (nSPS) is 9.76. The molecular formula is C15H13N3O3. The number of hydrogen-bond donors (Lipinski definition) is 0. The van der Waals surface area contributed by atoms with Crippen LogP contribution in [0.25, 0.3) is 0 Å². The predicted octanol–water partition coefficient (Wildman–Crippen LogP) is 3.24. The first-order valence-corrected chi connectivity index (χ1v) is 6.13. The summed E-state index contributed by atoms with van der Waals surface area (Å²) in [7, 11) is 3.36. The summed E-state index contributed by atoms with van der Waals surface area (Å²) in [5.41, 5.74) is 1.56. The van der Waals surface area contributed by atoms with Crippen LogP contribution in [0.1, 0.15) is 5.56 Å². The largest absolute Gasteiger partial charge is 0.497 e. The predicted molar refractivity (Wildman–Crippen MR) is 78.9 cm³/mol. The molecule has 2 aromatic carbocycles.